The summed E-state index contributed by atoms with van der Waals surface area (Å²) in [5.74, 6) is 0. The summed E-state index contributed by atoms with van der Waals surface area (Å²) in [6.07, 6.45) is 0. The third kappa shape index (κ3) is 8.50. The zero-order chi connectivity index (χ0) is 56.7. The van der Waals surface area contributed by atoms with Crippen molar-refractivity contribution in [2.75, 3.05) is 0 Å². The lowest BCUT2D eigenvalue weighted by Crippen LogP contribution is -1.97. The first kappa shape index (κ1) is 49.0. The van der Waals surface area contributed by atoms with Crippen LogP contribution in [0.3, 0.4) is 0 Å². The molecule has 0 amide bonds. The highest BCUT2D eigenvalue weighted by molar-refractivity contribution is 6.10. The van der Waals surface area contributed by atoms with Gasteiger partial charge >= 0.3 is 0 Å². The molecule has 0 atom stereocenters. The van der Waals surface area contributed by atoms with Gasteiger partial charge in [-0.05, 0) is 198 Å². The van der Waals surface area contributed by atoms with Crippen molar-refractivity contribution < 1.29 is 0 Å². The summed E-state index contributed by atoms with van der Waals surface area (Å²) in [7, 11) is 0. The summed E-state index contributed by atoms with van der Waals surface area (Å²) in [5.41, 5.74) is 26.7. The lowest BCUT2D eigenvalue weighted by molar-refractivity contribution is 1.14. The smallest absolute Gasteiger partial charge is 0.165 e. The van der Waals surface area contributed by atoms with Crippen molar-refractivity contribution in [3.05, 3.63) is 303 Å². The van der Waals surface area contributed by atoms with Crippen molar-refractivity contribution in [3.8, 4) is 89.3 Å². The molecule has 0 fully saturated rings. The predicted octanol–water partition coefficient (Wildman–Crippen LogP) is 20.6. The van der Waals surface area contributed by atoms with E-state index >= 15 is 0 Å². The van der Waals surface area contributed by atoms with Crippen LogP contribution in [-0.4, -0.2) is 29.1 Å². The predicted molar refractivity (Wildman–Crippen MR) is 357 cm³/mol. The Balaban J connectivity index is 0.766. The van der Waals surface area contributed by atoms with E-state index in [9.17, 15) is 0 Å². The molecule has 4 heterocycles. The number of para-hydroxylation sites is 2. The van der Waals surface area contributed by atoms with Gasteiger partial charge in [0.15, 0.2) is 11.3 Å². The standard InChI is InChI=1S/C80H50N6/c1-5-18-51(19-6-1)61-41-62(52-20-7-2-8-21-52)44-65(43-61)58-34-38-71-74(48-58)82-78-70-37-33-60(50-76(70)85(79(78)83-71)67-28-11-4-12-29-67)55-26-17-27-56(40-55)64-42-63(53-22-9-3-10-23-53)45-66(46-64)59-35-39-72-73(49-59)81-77-69-30-15-16-31-75(69)86(80(77)84-72)68-36-32-54-24-13-14-25-57(54)47-68/h1-50H. The molecule has 4 aromatic heterocycles. The second-order valence-corrected chi connectivity index (χ2v) is 22.3. The molecule has 86 heavy (non-hydrogen) atoms. The zero-order valence-corrected chi connectivity index (χ0v) is 46.6. The van der Waals surface area contributed by atoms with Crippen molar-refractivity contribution in [2.24, 2.45) is 0 Å². The number of fused-ring (bicyclic) bond motifs is 9. The Bertz CT molecular complexity index is 5460. The summed E-state index contributed by atoms with van der Waals surface area (Å²) < 4.78 is 4.52. The van der Waals surface area contributed by atoms with Crippen molar-refractivity contribution in [2.45, 2.75) is 0 Å². The Kier molecular flexibility index (Phi) is 11.5. The maximum Gasteiger partial charge on any atom is 0.165 e. The first-order valence-corrected chi connectivity index (χ1v) is 29.2. The van der Waals surface area contributed by atoms with Gasteiger partial charge in [0, 0.05) is 22.1 Å². The average Bonchev–Trinajstić information content (AvgIpc) is 1.80. The van der Waals surface area contributed by atoms with Crippen LogP contribution in [-0.2, 0) is 0 Å². The van der Waals surface area contributed by atoms with Gasteiger partial charge in [-0.2, -0.15) is 0 Å². The highest BCUT2D eigenvalue weighted by Crippen LogP contribution is 2.41. The van der Waals surface area contributed by atoms with E-state index in [4.69, 9.17) is 19.9 Å². The van der Waals surface area contributed by atoms with Gasteiger partial charge in [-0.15, -0.1) is 0 Å². The van der Waals surface area contributed by atoms with Gasteiger partial charge in [0.25, 0.3) is 0 Å². The Morgan fingerprint density at radius 2 is 0.593 bits per heavy atom. The maximum atomic E-state index is 5.49. The first-order chi connectivity index (χ1) is 42.6. The topological polar surface area (TPSA) is 61.4 Å². The lowest BCUT2D eigenvalue weighted by atomic mass is 9.92. The minimum absolute atomic E-state index is 0.817. The van der Waals surface area contributed by atoms with E-state index in [2.05, 4.69) is 312 Å². The molecule has 0 radical (unpaired) electrons. The van der Waals surface area contributed by atoms with Crippen molar-refractivity contribution >= 4 is 77.0 Å². The number of benzene rings is 13. The van der Waals surface area contributed by atoms with Crippen LogP contribution in [0, 0.1) is 0 Å². The summed E-state index contributed by atoms with van der Waals surface area (Å²) in [5, 5.41) is 4.50. The molecule has 6 heteroatoms. The summed E-state index contributed by atoms with van der Waals surface area (Å²) >= 11 is 0. The number of aromatic nitrogens is 6. The lowest BCUT2D eigenvalue weighted by Gasteiger charge is -2.13. The van der Waals surface area contributed by atoms with Gasteiger partial charge in [-0.25, -0.2) is 19.9 Å². The van der Waals surface area contributed by atoms with Crippen LogP contribution < -0.4 is 0 Å². The van der Waals surface area contributed by atoms with Gasteiger partial charge in [0.05, 0.1) is 33.1 Å². The molecular weight excluding hydrogens is 1040 g/mol. The van der Waals surface area contributed by atoms with Crippen LogP contribution in [0.1, 0.15) is 0 Å². The first-order valence-electron chi connectivity index (χ1n) is 29.2. The fourth-order valence-corrected chi connectivity index (χ4v) is 12.8. The molecule has 400 valence electrons. The van der Waals surface area contributed by atoms with Gasteiger partial charge in [-0.3, -0.25) is 9.13 Å². The van der Waals surface area contributed by atoms with Crippen LogP contribution in [0.2, 0.25) is 0 Å². The van der Waals surface area contributed by atoms with Gasteiger partial charge in [0.1, 0.15) is 11.0 Å². The van der Waals surface area contributed by atoms with E-state index in [-0.39, 0.29) is 0 Å². The van der Waals surface area contributed by atoms with Crippen molar-refractivity contribution in [1.29, 1.82) is 0 Å². The highest BCUT2D eigenvalue weighted by Gasteiger charge is 2.21. The quantitative estimate of drug-likeness (QED) is 0.144. The van der Waals surface area contributed by atoms with E-state index in [0.717, 1.165) is 133 Å². The molecule has 17 rings (SSSR count). The average molecular weight is 1100 g/mol. The highest BCUT2D eigenvalue weighted by atomic mass is 15.1. The molecule has 0 saturated heterocycles. The molecule has 17 aromatic rings. The molecular formula is C80H50N6. The second kappa shape index (κ2) is 20.1. The fourth-order valence-electron chi connectivity index (χ4n) is 12.8. The van der Waals surface area contributed by atoms with Crippen molar-refractivity contribution in [1.82, 2.24) is 29.1 Å². The minimum atomic E-state index is 0.817. The van der Waals surface area contributed by atoms with Gasteiger partial charge in [0.2, 0.25) is 0 Å². The van der Waals surface area contributed by atoms with E-state index in [0.29, 0.717) is 0 Å². The van der Waals surface area contributed by atoms with Crippen LogP contribution >= 0.6 is 0 Å². The molecule has 0 aliphatic heterocycles. The molecule has 0 unspecified atom stereocenters. The Morgan fingerprint density at radius 3 is 1.15 bits per heavy atom. The SMILES string of the molecule is c1ccc(-c2cc(-c3cccc(-c4ccc5c6nc7cc(-c8cc(-c9ccccc9)cc(-c9ccccc9)c8)ccc7nc6n(-c6ccccc6)c5c4)c3)cc(-c3ccc4nc5c(nc4c3)c3ccccc3n5-c3ccc4ccccc4c3)c2)cc1. The largest absolute Gasteiger partial charge is 0.293 e. The number of hydrogen-bond acceptors (Lipinski definition) is 4. The zero-order valence-electron chi connectivity index (χ0n) is 46.6. The molecule has 0 aliphatic rings. The third-order valence-corrected chi connectivity index (χ3v) is 17.0. The van der Waals surface area contributed by atoms with Gasteiger partial charge < -0.3 is 0 Å². The number of hydrogen-bond donors (Lipinski definition) is 0. The van der Waals surface area contributed by atoms with E-state index in [1.165, 1.54) is 33.0 Å². The minimum Gasteiger partial charge on any atom is -0.293 e. The molecule has 0 N–H and O–H groups in total. The number of rotatable bonds is 9. The van der Waals surface area contributed by atoms with Crippen LogP contribution in [0.5, 0.6) is 0 Å². The molecule has 0 spiro atoms. The second-order valence-electron chi connectivity index (χ2n) is 22.3. The van der Waals surface area contributed by atoms with E-state index < -0.39 is 0 Å². The van der Waals surface area contributed by atoms with E-state index in [1.54, 1.807) is 0 Å². The normalized spacial score (nSPS) is 11.7. The van der Waals surface area contributed by atoms with Crippen molar-refractivity contribution in [3.63, 3.8) is 0 Å². The molecule has 0 aliphatic carbocycles. The molecule has 0 saturated carbocycles. The molecule has 6 nitrogen and oxygen atoms in total. The van der Waals surface area contributed by atoms with Gasteiger partial charge in [-0.1, -0.05) is 194 Å². The van der Waals surface area contributed by atoms with Crippen LogP contribution in [0.15, 0.2) is 303 Å². The third-order valence-electron chi connectivity index (χ3n) is 17.0. The summed E-state index contributed by atoms with van der Waals surface area (Å²) in [4.78, 5) is 21.7. The Hall–Kier alpha value is -11.6. The van der Waals surface area contributed by atoms with E-state index in [1.807, 2.05) is 0 Å². The molecule has 0 bridgehead atoms. The summed E-state index contributed by atoms with van der Waals surface area (Å²) in [6, 6.07) is 109. The molecule has 13 aromatic carbocycles. The maximum absolute atomic E-state index is 5.49. The number of nitrogens with zero attached hydrogens (tertiary/aromatic N) is 6. The van der Waals surface area contributed by atoms with Crippen LogP contribution in [0.25, 0.3) is 166 Å². The Morgan fingerprint density at radius 1 is 0.198 bits per heavy atom. The Labute approximate surface area is 495 Å². The fraction of sp³-hybridized carbons (Fsp3) is 0. The summed E-state index contributed by atoms with van der Waals surface area (Å²) in [6.45, 7) is 0. The monoisotopic (exact) mass is 1090 g/mol. The van der Waals surface area contributed by atoms with Crippen LogP contribution in [0.4, 0.5) is 0 Å².